The average molecular weight is 880 g/mol. The summed E-state index contributed by atoms with van der Waals surface area (Å²) in [6.07, 6.45) is 5.59. The number of rotatable bonds is 9. The lowest BCUT2D eigenvalue weighted by Gasteiger charge is -2.36. The molecule has 13 heteroatoms. The molecule has 4 aliphatic heterocycles. The highest BCUT2D eigenvalue weighted by Gasteiger charge is 2.33. The SMILES string of the molecule is CC(c1ccc(C#CC2CCN(C(=O)CN3CCC(c4ccc5c(c4)n(C)c(=O)n5C4CCC(=O)NC4=O)CC3)CC2)c2ccccc12)N1CCC(C(=O)NCc2cccc(F)c2)CC1. The molecule has 2 atom stereocenters. The van der Waals surface area contributed by atoms with Gasteiger partial charge in [0.15, 0.2) is 0 Å². The van der Waals surface area contributed by atoms with E-state index in [1.165, 1.54) is 27.6 Å². The Kier molecular flexibility index (Phi) is 13.0. The molecule has 4 amide bonds. The molecule has 0 bridgehead atoms. The lowest BCUT2D eigenvalue weighted by Crippen LogP contribution is -2.45. The first-order valence-electron chi connectivity index (χ1n) is 23.3. The van der Waals surface area contributed by atoms with Gasteiger partial charge >= 0.3 is 5.69 Å². The number of piperidine rings is 4. The molecule has 0 spiro atoms. The molecule has 65 heavy (non-hydrogen) atoms. The zero-order valence-electron chi connectivity index (χ0n) is 37.4. The number of hydrogen-bond acceptors (Lipinski definition) is 7. The van der Waals surface area contributed by atoms with Crippen molar-refractivity contribution in [3.05, 3.63) is 117 Å². The molecular formula is C52H58FN7O5. The smallest absolute Gasteiger partial charge is 0.329 e. The number of aryl methyl sites for hydroxylation is 1. The Morgan fingerprint density at radius 2 is 1.57 bits per heavy atom. The van der Waals surface area contributed by atoms with Crippen LogP contribution in [0, 0.1) is 29.5 Å². The van der Waals surface area contributed by atoms with E-state index in [4.69, 9.17) is 0 Å². The van der Waals surface area contributed by atoms with Crippen LogP contribution in [0.15, 0.2) is 83.7 Å². The Morgan fingerprint density at radius 3 is 2.31 bits per heavy atom. The van der Waals surface area contributed by atoms with Crippen LogP contribution in [-0.2, 0) is 32.8 Å². The Bertz CT molecular complexity index is 2740. The van der Waals surface area contributed by atoms with Crippen molar-refractivity contribution in [2.75, 3.05) is 45.8 Å². The maximum absolute atomic E-state index is 13.6. The Labute approximate surface area is 379 Å². The van der Waals surface area contributed by atoms with Crippen LogP contribution < -0.4 is 16.3 Å². The first-order valence-corrected chi connectivity index (χ1v) is 23.3. The fraction of sp³-hybridized carbons (Fsp3) is 0.442. The summed E-state index contributed by atoms with van der Waals surface area (Å²) in [5.74, 6) is 6.72. The molecule has 4 fully saturated rings. The minimum absolute atomic E-state index is 0.0344. The van der Waals surface area contributed by atoms with Crippen LogP contribution in [0.4, 0.5) is 4.39 Å². The Balaban J connectivity index is 0.746. The molecule has 2 unspecified atom stereocenters. The molecule has 0 saturated carbocycles. The minimum Gasteiger partial charge on any atom is -0.352 e. The second-order valence-electron chi connectivity index (χ2n) is 18.5. The summed E-state index contributed by atoms with van der Waals surface area (Å²) in [6, 6.07) is 24.7. The lowest BCUT2D eigenvalue weighted by atomic mass is 9.89. The second-order valence-corrected chi connectivity index (χ2v) is 18.5. The van der Waals surface area contributed by atoms with E-state index < -0.39 is 11.9 Å². The quantitative estimate of drug-likeness (QED) is 0.134. The van der Waals surface area contributed by atoms with Gasteiger partial charge in [-0.3, -0.25) is 43.4 Å². The third kappa shape index (κ3) is 9.51. The lowest BCUT2D eigenvalue weighted by molar-refractivity contribution is -0.136. The molecule has 338 valence electrons. The van der Waals surface area contributed by atoms with E-state index in [2.05, 4.69) is 87.7 Å². The van der Waals surface area contributed by atoms with Crippen LogP contribution in [0.25, 0.3) is 21.8 Å². The van der Waals surface area contributed by atoms with Crippen molar-refractivity contribution < 1.29 is 23.6 Å². The van der Waals surface area contributed by atoms with Gasteiger partial charge in [0.1, 0.15) is 11.9 Å². The van der Waals surface area contributed by atoms with Gasteiger partial charge in [-0.05, 0) is 142 Å². The highest BCUT2D eigenvalue weighted by Crippen LogP contribution is 2.34. The number of nitrogens with zero attached hydrogens (tertiary/aromatic N) is 5. The third-order valence-corrected chi connectivity index (χ3v) is 14.5. The molecule has 4 aromatic carbocycles. The number of imide groups is 1. The van der Waals surface area contributed by atoms with Crippen molar-refractivity contribution in [2.24, 2.45) is 18.9 Å². The summed E-state index contributed by atoms with van der Waals surface area (Å²) in [6.45, 7) is 7.67. The number of carbonyl (C=O) groups excluding carboxylic acids is 4. The largest absolute Gasteiger partial charge is 0.352 e. The summed E-state index contributed by atoms with van der Waals surface area (Å²) in [5.41, 5.74) is 5.38. The number of hydrogen-bond donors (Lipinski definition) is 2. The molecule has 12 nitrogen and oxygen atoms in total. The van der Waals surface area contributed by atoms with Crippen LogP contribution in [0.5, 0.6) is 0 Å². The maximum atomic E-state index is 13.6. The fourth-order valence-electron chi connectivity index (χ4n) is 10.6. The van der Waals surface area contributed by atoms with Gasteiger partial charge in [-0.15, -0.1) is 0 Å². The fourth-order valence-corrected chi connectivity index (χ4v) is 10.6. The molecule has 5 heterocycles. The summed E-state index contributed by atoms with van der Waals surface area (Å²) in [4.78, 5) is 70.8. The van der Waals surface area contributed by atoms with Gasteiger partial charge in [0.25, 0.3) is 0 Å². The summed E-state index contributed by atoms with van der Waals surface area (Å²) in [5, 5.41) is 7.71. The van der Waals surface area contributed by atoms with E-state index in [0.29, 0.717) is 44.0 Å². The van der Waals surface area contributed by atoms with Crippen LogP contribution in [0.3, 0.4) is 0 Å². The summed E-state index contributed by atoms with van der Waals surface area (Å²) >= 11 is 0. The second kappa shape index (κ2) is 19.2. The normalized spacial score (nSPS) is 20.1. The number of likely N-dealkylation sites (tertiary alicyclic amines) is 3. The minimum atomic E-state index is -0.706. The average Bonchev–Trinajstić information content (AvgIpc) is 3.57. The van der Waals surface area contributed by atoms with Crippen molar-refractivity contribution in [3.8, 4) is 11.8 Å². The zero-order chi connectivity index (χ0) is 45.2. The predicted octanol–water partition coefficient (Wildman–Crippen LogP) is 6.17. The van der Waals surface area contributed by atoms with Crippen molar-refractivity contribution in [3.63, 3.8) is 0 Å². The van der Waals surface area contributed by atoms with Crippen LogP contribution in [0.2, 0.25) is 0 Å². The monoisotopic (exact) mass is 879 g/mol. The van der Waals surface area contributed by atoms with Crippen molar-refractivity contribution in [1.29, 1.82) is 0 Å². The maximum Gasteiger partial charge on any atom is 0.329 e. The Morgan fingerprint density at radius 1 is 0.815 bits per heavy atom. The van der Waals surface area contributed by atoms with Gasteiger partial charge in [-0.1, -0.05) is 60.4 Å². The molecule has 4 aliphatic rings. The summed E-state index contributed by atoms with van der Waals surface area (Å²) < 4.78 is 16.7. The highest BCUT2D eigenvalue weighted by molar-refractivity contribution is 6.00. The van der Waals surface area contributed by atoms with E-state index in [1.807, 2.05) is 17.0 Å². The van der Waals surface area contributed by atoms with E-state index in [1.54, 1.807) is 17.7 Å². The van der Waals surface area contributed by atoms with E-state index in [0.717, 1.165) is 92.3 Å². The topological polar surface area (TPSA) is 129 Å². The standard InChI is InChI=1S/C52H58FN7O5/c1-34(58-28-22-39(23-29-58)50(63)54-32-36-6-5-7-41(53)30-36)42-14-12-38(43-8-3-4-9-44(42)43)11-10-35-18-26-59(27-19-35)49(62)33-57-24-20-37(21-25-57)40-13-15-45-47(31-40)56(2)52(65)60(45)46-16-17-48(61)55-51(46)64/h3-9,12-15,30-31,34-35,37,39,46H,16-29,32-33H2,1-2H3,(H,54,63)(H,55,61,64). The number of carbonyl (C=O) groups is 4. The first-order chi connectivity index (χ1) is 31.5. The molecule has 9 rings (SSSR count). The number of halogens is 1. The van der Waals surface area contributed by atoms with E-state index in [9.17, 15) is 28.4 Å². The molecule has 5 aromatic rings. The molecule has 2 N–H and O–H groups in total. The number of benzene rings is 4. The van der Waals surface area contributed by atoms with Crippen LogP contribution >= 0.6 is 0 Å². The van der Waals surface area contributed by atoms with Crippen LogP contribution in [-0.4, -0.2) is 93.3 Å². The highest BCUT2D eigenvalue weighted by atomic mass is 19.1. The van der Waals surface area contributed by atoms with Gasteiger partial charge in [0.2, 0.25) is 23.6 Å². The Hall–Kier alpha value is -6.10. The molecule has 0 aliphatic carbocycles. The van der Waals surface area contributed by atoms with Gasteiger partial charge in [0, 0.05) is 56.5 Å². The van der Waals surface area contributed by atoms with E-state index in [-0.39, 0.29) is 53.5 Å². The molecule has 4 saturated heterocycles. The number of amides is 4. The number of aromatic nitrogens is 2. The van der Waals surface area contributed by atoms with Gasteiger partial charge in [-0.2, -0.15) is 0 Å². The number of imidazole rings is 1. The molecule has 0 radical (unpaired) electrons. The van der Waals surface area contributed by atoms with E-state index >= 15 is 0 Å². The molecule has 1 aromatic heterocycles. The van der Waals surface area contributed by atoms with Crippen LogP contribution in [0.1, 0.15) is 98.5 Å². The number of fused-ring (bicyclic) bond motifs is 2. The third-order valence-electron chi connectivity index (χ3n) is 14.5. The van der Waals surface area contributed by atoms with Crippen molar-refractivity contribution in [2.45, 2.75) is 82.8 Å². The zero-order valence-corrected chi connectivity index (χ0v) is 37.4. The predicted molar refractivity (Wildman–Crippen MR) is 248 cm³/mol. The summed E-state index contributed by atoms with van der Waals surface area (Å²) in [7, 11) is 1.72. The van der Waals surface area contributed by atoms with Gasteiger partial charge in [0.05, 0.1) is 17.6 Å². The van der Waals surface area contributed by atoms with Gasteiger partial charge < -0.3 is 10.2 Å². The molecular weight excluding hydrogens is 822 g/mol. The first kappa shape index (κ1) is 44.1. The van der Waals surface area contributed by atoms with Gasteiger partial charge in [-0.25, -0.2) is 9.18 Å². The number of nitrogens with one attached hydrogen (secondary N) is 2. The van der Waals surface area contributed by atoms with Crippen molar-refractivity contribution in [1.82, 2.24) is 34.5 Å². The van der Waals surface area contributed by atoms with Crippen molar-refractivity contribution >= 4 is 45.4 Å².